The van der Waals surface area contributed by atoms with Gasteiger partial charge in [0.2, 0.25) is 0 Å². The Bertz CT molecular complexity index is 1120. The average molecular weight is 448 g/mol. The lowest BCUT2D eigenvalue weighted by molar-refractivity contribution is 0.0767. The minimum atomic E-state index is -0.477. The van der Waals surface area contributed by atoms with Crippen LogP contribution in [-0.4, -0.2) is 48.0 Å². The molecule has 3 aromatic rings. The maximum absolute atomic E-state index is 13.3. The molecule has 4 rings (SSSR count). The van der Waals surface area contributed by atoms with Gasteiger partial charge < -0.3 is 20.4 Å². The van der Waals surface area contributed by atoms with Gasteiger partial charge in [-0.3, -0.25) is 4.79 Å². The number of anilines is 3. The van der Waals surface area contributed by atoms with E-state index in [9.17, 15) is 14.0 Å². The molecule has 1 fully saturated rings. The Kier molecular flexibility index (Phi) is 6.83. The van der Waals surface area contributed by atoms with Crippen LogP contribution < -0.4 is 15.5 Å². The highest BCUT2D eigenvalue weighted by molar-refractivity contribution is 5.99. The number of benzene rings is 2. The molecular formula is C25H26FN5O2. The van der Waals surface area contributed by atoms with Crippen LogP contribution >= 0.6 is 0 Å². The van der Waals surface area contributed by atoms with Crippen LogP contribution in [-0.2, 0) is 0 Å². The molecule has 1 saturated heterocycles. The number of urea groups is 1. The molecule has 2 heterocycles. The van der Waals surface area contributed by atoms with E-state index in [4.69, 9.17) is 0 Å². The fraction of sp³-hybridized carbons (Fsp3) is 0.240. The lowest BCUT2D eigenvalue weighted by atomic mass is 10.1. The number of halogens is 1. The van der Waals surface area contributed by atoms with Gasteiger partial charge >= 0.3 is 6.03 Å². The Labute approximate surface area is 192 Å². The van der Waals surface area contributed by atoms with Gasteiger partial charge in [0.05, 0.1) is 11.9 Å². The van der Waals surface area contributed by atoms with Gasteiger partial charge in [-0.05, 0) is 55.8 Å². The molecule has 170 valence electrons. The van der Waals surface area contributed by atoms with Crippen molar-refractivity contribution in [1.29, 1.82) is 0 Å². The summed E-state index contributed by atoms with van der Waals surface area (Å²) in [7, 11) is 0. The fourth-order valence-corrected chi connectivity index (χ4v) is 3.74. The smallest absolute Gasteiger partial charge is 0.323 e. The van der Waals surface area contributed by atoms with Crippen molar-refractivity contribution >= 4 is 29.1 Å². The van der Waals surface area contributed by atoms with E-state index in [1.165, 1.54) is 18.2 Å². The largest absolute Gasteiger partial charge is 0.355 e. The molecule has 33 heavy (non-hydrogen) atoms. The molecule has 0 atom stereocenters. The summed E-state index contributed by atoms with van der Waals surface area (Å²) in [6, 6.07) is 16.5. The summed E-state index contributed by atoms with van der Waals surface area (Å²) >= 11 is 0. The third-order valence-corrected chi connectivity index (χ3v) is 5.49. The summed E-state index contributed by atoms with van der Waals surface area (Å²) in [5.41, 5.74) is 2.73. The maximum Gasteiger partial charge on any atom is 0.323 e. The zero-order chi connectivity index (χ0) is 23.2. The molecule has 0 radical (unpaired) electrons. The Morgan fingerprint density at radius 3 is 2.42 bits per heavy atom. The molecule has 3 amide bonds. The molecular weight excluding hydrogens is 421 g/mol. The van der Waals surface area contributed by atoms with E-state index in [1.54, 1.807) is 18.3 Å². The number of carbonyl (C=O) groups excluding carboxylic acids is 2. The van der Waals surface area contributed by atoms with Crippen LogP contribution in [0.5, 0.6) is 0 Å². The lowest BCUT2D eigenvalue weighted by Gasteiger charge is -2.23. The number of pyridine rings is 1. The van der Waals surface area contributed by atoms with Crippen molar-refractivity contribution in [3.63, 3.8) is 0 Å². The molecule has 1 aliphatic heterocycles. The Morgan fingerprint density at radius 1 is 0.909 bits per heavy atom. The second-order valence-corrected chi connectivity index (χ2v) is 7.99. The van der Waals surface area contributed by atoms with Crippen LogP contribution in [0.15, 0.2) is 66.9 Å². The standard InChI is InChI=1S/C25H26FN5O2/c1-18-6-8-19(9-7-18)24(32)31-13-3-12-30(14-15-31)23-11-10-22(17-27-23)29-25(33)28-21-5-2-4-20(26)16-21/h2,4-11,16-17H,3,12-15H2,1H3,(H2,28,29,33). The number of hydrogen-bond donors (Lipinski definition) is 2. The van der Waals surface area contributed by atoms with E-state index in [1.807, 2.05) is 42.2 Å². The molecule has 7 nitrogen and oxygen atoms in total. The number of nitrogens with zero attached hydrogens (tertiary/aromatic N) is 3. The summed E-state index contributed by atoms with van der Waals surface area (Å²) in [6.45, 7) is 4.78. The quantitative estimate of drug-likeness (QED) is 0.616. The number of hydrogen-bond acceptors (Lipinski definition) is 4. The van der Waals surface area contributed by atoms with Crippen molar-refractivity contribution in [2.45, 2.75) is 13.3 Å². The highest BCUT2D eigenvalue weighted by Gasteiger charge is 2.21. The van der Waals surface area contributed by atoms with Crippen molar-refractivity contribution < 1.29 is 14.0 Å². The first-order valence-corrected chi connectivity index (χ1v) is 10.9. The van der Waals surface area contributed by atoms with Gasteiger partial charge in [-0.25, -0.2) is 14.2 Å². The molecule has 1 aromatic heterocycles. The number of nitrogens with one attached hydrogen (secondary N) is 2. The number of rotatable bonds is 4. The zero-order valence-electron chi connectivity index (χ0n) is 18.4. The van der Waals surface area contributed by atoms with Gasteiger partial charge in [-0.2, -0.15) is 0 Å². The molecule has 0 unspecified atom stereocenters. The van der Waals surface area contributed by atoms with Crippen molar-refractivity contribution in [3.8, 4) is 0 Å². The Hall–Kier alpha value is -3.94. The van der Waals surface area contributed by atoms with Crippen LogP contribution in [0.1, 0.15) is 22.3 Å². The highest BCUT2D eigenvalue weighted by Crippen LogP contribution is 2.18. The van der Waals surface area contributed by atoms with E-state index in [0.717, 1.165) is 24.3 Å². The van der Waals surface area contributed by atoms with E-state index in [-0.39, 0.29) is 5.91 Å². The third-order valence-electron chi connectivity index (χ3n) is 5.49. The van der Waals surface area contributed by atoms with Gasteiger partial charge in [0.25, 0.3) is 5.91 Å². The van der Waals surface area contributed by atoms with Crippen LogP contribution in [0.4, 0.5) is 26.4 Å². The van der Waals surface area contributed by atoms with Crippen LogP contribution in [0.3, 0.4) is 0 Å². The van der Waals surface area contributed by atoms with E-state index in [2.05, 4.69) is 20.5 Å². The third kappa shape index (κ3) is 5.85. The zero-order valence-corrected chi connectivity index (χ0v) is 18.4. The molecule has 0 aliphatic carbocycles. The van der Waals surface area contributed by atoms with Crippen LogP contribution in [0.25, 0.3) is 0 Å². The Morgan fingerprint density at radius 2 is 1.70 bits per heavy atom. The molecule has 8 heteroatoms. The molecule has 0 bridgehead atoms. The van der Waals surface area contributed by atoms with Crippen LogP contribution in [0, 0.1) is 12.7 Å². The normalized spacial score (nSPS) is 13.9. The molecule has 2 aromatic carbocycles. The number of amides is 3. The Balaban J connectivity index is 1.32. The SMILES string of the molecule is Cc1ccc(C(=O)N2CCCN(c3ccc(NC(=O)Nc4cccc(F)c4)cn3)CC2)cc1. The summed E-state index contributed by atoms with van der Waals surface area (Å²) in [5, 5.41) is 5.27. The van der Waals surface area contributed by atoms with Gasteiger partial charge in [-0.15, -0.1) is 0 Å². The summed E-state index contributed by atoms with van der Waals surface area (Å²) in [4.78, 5) is 33.5. The van der Waals surface area contributed by atoms with E-state index in [0.29, 0.717) is 36.6 Å². The first-order valence-electron chi connectivity index (χ1n) is 10.9. The highest BCUT2D eigenvalue weighted by atomic mass is 19.1. The molecule has 2 N–H and O–H groups in total. The first kappa shape index (κ1) is 22.3. The molecule has 0 spiro atoms. The summed E-state index contributed by atoms with van der Waals surface area (Å²) < 4.78 is 13.3. The first-order chi connectivity index (χ1) is 16.0. The topological polar surface area (TPSA) is 77.6 Å². The van der Waals surface area contributed by atoms with E-state index >= 15 is 0 Å². The van der Waals surface area contributed by atoms with E-state index < -0.39 is 11.8 Å². The second-order valence-electron chi connectivity index (χ2n) is 7.99. The monoisotopic (exact) mass is 447 g/mol. The minimum absolute atomic E-state index is 0.0497. The predicted octanol–water partition coefficient (Wildman–Crippen LogP) is 4.53. The molecule has 0 saturated carbocycles. The predicted molar refractivity (Wildman–Crippen MR) is 127 cm³/mol. The summed E-state index contributed by atoms with van der Waals surface area (Å²) in [6.07, 6.45) is 2.43. The minimum Gasteiger partial charge on any atom is -0.355 e. The van der Waals surface area contributed by atoms with Gasteiger partial charge in [0.15, 0.2) is 0 Å². The number of carbonyl (C=O) groups is 2. The van der Waals surface area contributed by atoms with Crippen molar-refractivity contribution in [1.82, 2.24) is 9.88 Å². The number of aromatic nitrogens is 1. The van der Waals surface area contributed by atoms with Gasteiger partial charge in [0, 0.05) is 37.4 Å². The van der Waals surface area contributed by atoms with Gasteiger partial charge in [0.1, 0.15) is 11.6 Å². The second kappa shape index (κ2) is 10.1. The van der Waals surface area contributed by atoms with Crippen molar-refractivity contribution in [3.05, 3.63) is 83.8 Å². The summed E-state index contributed by atoms with van der Waals surface area (Å²) in [5.74, 6) is 0.416. The lowest BCUT2D eigenvalue weighted by Crippen LogP contribution is -2.35. The van der Waals surface area contributed by atoms with Crippen LogP contribution in [0.2, 0.25) is 0 Å². The van der Waals surface area contributed by atoms with Crippen molar-refractivity contribution in [2.75, 3.05) is 41.7 Å². The van der Waals surface area contributed by atoms with Gasteiger partial charge in [-0.1, -0.05) is 23.8 Å². The molecule has 1 aliphatic rings. The average Bonchev–Trinajstić information content (AvgIpc) is 3.06. The fourth-order valence-electron chi connectivity index (χ4n) is 3.74. The maximum atomic E-state index is 13.3. The number of aryl methyl sites for hydroxylation is 1. The van der Waals surface area contributed by atoms with Crippen molar-refractivity contribution in [2.24, 2.45) is 0 Å².